The number of benzene rings is 2. The SMILES string of the molecule is Cc1c(Cl)c(=O)oc2cc(OCC(=O)N[C@@H](CO)C(=O)NCc3ccc(C(F)(F)F)cc3)ccc12. The van der Waals surface area contributed by atoms with Crippen molar-refractivity contribution in [2.45, 2.75) is 25.7 Å². The maximum absolute atomic E-state index is 12.6. The number of fused-ring (bicyclic) bond motifs is 1. The predicted molar refractivity (Wildman–Crippen MR) is 120 cm³/mol. The number of rotatable bonds is 8. The Kier molecular flexibility index (Phi) is 8.03. The zero-order valence-electron chi connectivity index (χ0n) is 18.2. The van der Waals surface area contributed by atoms with Gasteiger partial charge in [-0.15, -0.1) is 0 Å². The minimum Gasteiger partial charge on any atom is -0.484 e. The largest absolute Gasteiger partial charge is 0.484 e. The maximum atomic E-state index is 12.6. The fourth-order valence-corrected chi connectivity index (χ4v) is 3.25. The number of nitrogens with one attached hydrogen (secondary N) is 2. The zero-order valence-corrected chi connectivity index (χ0v) is 19.0. The van der Waals surface area contributed by atoms with Gasteiger partial charge in [0.15, 0.2) is 6.61 Å². The number of hydrogen-bond acceptors (Lipinski definition) is 6. The Labute approximate surface area is 201 Å². The Hall–Kier alpha value is -3.57. The molecule has 186 valence electrons. The van der Waals surface area contributed by atoms with Gasteiger partial charge in [0, 0.05) is 18.0 Å². The molecule has 1 aromatic heterocycles. The van der Waals surface area contributed by atoms with Gasteiger partial charge >= 0.3 is 11.8 Å². The van der Waals surface area contributed by atoms with Crippen LogP contribution in [0.1, 0.15) is 16.7 Å². The van der Waals surface area contributed by atoms with E-state index in [1.54, 1.807) is 19.1 Å². The molecule has 0 aliphatic carbocycles. The van der Waals surface area contributed by atoms with Gasteiger partial charge in [-0.2, -0.15) is 13.2 Å². The van der Waals surface area contributed by atoms with Crippen LogP contribution in [-0.4, -0.2) is 36.2 Å². The lowest BCUT2D eigenvalue weighted by molar-refractivity contribution is -0.137. The van der Waals surface area contributed by atoms with Gasteiger partial charge in [-0.3, -0.25) is 9.59 Å². The highest BCUT2D eigenvalue weighted by molar-refractivity contribution is 6.31. The molecule has 3 N–H and O–H groups in total. The molecule has 1 heterocycles. The second-order valence-electron chi connectivity index (χ2n) is 7.49. The maximum Gasteiger partial charge on any atom is 0.416 e. The van der Waals surface area contributed by atoms with Crippen molar-refractivity contribution >= 4 is 34.4 Å². The molecule has 0 bridgehead atoms. The Morgan fingerprint density at radius 3 is 2.49 bits per heavy atom. The summed E-state index contributed by atoms with van der Waals surface area (Å²) in [4.78, 5) is 36.2. The van der Waals surface area contributed by atoms with Crippen molar-refractivity contribution in [3.8, 4) is 5.75 Å². The minimum atomic E-state index is -4.47. The molecule has 3 rings (SSSR count). The van der Waals surface area contributed by atoms with E-state index in [-0.39, 0.29) is 22.9 Å². The molecule has 12 heteroatoms. The van der Waals surface area contributed by atoms with Gasteiger partial charge in [-0.1, -0.05) is 23.7 Å². The summed E-state index contributed by atoms with van der Waals surface area (Å²) in [6.07, 6.45) is -4.47. The Morgan fingerprint density at radius 2 is 1.86 bits per heavy atom. The van der Waals surface area contributed by atoms with E-state index in [4.69, 9.17) is 20.8 Å². The van der Waals surface area contributed by atoms with E-state index < -0.39 is 48.4 Å². The van der Waals surface area contributed by atoms with Crippen LogP contribution in [0.5, 0.6) is 5.75 Å². The van der Waals surface area contributed by atoms with Gasteiger partial charge in [0.2, 0.25) is 5.91 Å². The third kappa shape index (κ3) is 6.52. The van der Waals surface area contributed by atoms with E-state index in [1.165, 1.54) is 18.2 Å². The smallest absolute Gasteiger partial charge is 0.416 e. The number of amides is 2. The summed E-state index contributed by atoms with van der Waals surface area (Å²) < 4.78 is 48.3. The van der Waals surface area contributed by atoms with Gasteiger partial charge in [-0.05, 0) is 42.3 Å². The van der Waals surface area contributed by atoms with Crippen molar-refractivity contribution in [3.63, 3.8) is 0 Å². The summed E-state index contributed by atoms with van der Waals surface area (Å²) in [5.41, 5.74) is -0.376. The van der Waals surface area contributed by atoms with Crippen LogP contribution in [0.25, 0.3) is 11.0 Å². The molecular formula is C23H20ClF3N2O6. The van der Waals surface area contributed by atoms with Gasteiger partial charge in [0.25, 0.3) is 5.91 Å². The number of alkyl halides is 3. The standard InChI is InChI=1S/C23H20ClF3N2O6/c1-12-16-7-6-15(8-18(16)35-22(33)20(12)24)34-11-19(31)29-17(10-30)21(32)28-9-13-2-4-14(5-3-13)23(25,26)27/h2-8,17,30H,9-11H2,1H3,(H,28,32)(H,29,31)/t17-/m0/s1. The normalized spacial score (nSPS) is 12.3. The molecule has 8 nitrogen and oxygen atoms in total. The van der Waals surface area contributed by atoms with Crippen LogP contribution in [0, 0.1) is 6.92 Å². The highest BCUT2D eigenvalue weighted by Crippen LogP contribution is 2.29. The molecule has 0 aliphatic heterocycles. The lowest BCUT2D eigenvalue weighted by Crippen LogP contribution is -2.49. The van der Waals surface area contributed by atoms with Crippen molar-refractivity contribution in [2.24, 2.45) is 0 Å². The zero-order chi connectivity index (χ0) is 25.8. The van der Waals surface area contributed by atoms with Crippen molar-refractivity contribution in [2.75, 3.05) is 13.2 Å². The molecule has 2 amide bonds. The van der Waals surface area contributed by atoms with E-state index >= 15 is 0 Å². The minimum absolute atomic E-state index is 0.0304. The summed E-state index contributed by atoms with van der Waals surface area (Å²) in [5, 5.41) is 14.7. The third-order valence-electron chi connectivity index (χ3n) is 5.02. The molecule has 0 aliphatic rings. The van der Waals surface area contributed by atoms with Crippen molar-refractivity contribution in [1.82, 2.24) is 10.6 Å². The monoisotopic (exact) mass is 512 g/mol. The number of aliphatic hydroxyl groups excluding tert-OH is 1. The summed E-state index contributed by atoms with van der Waals surface area (Å²) >= 11 is 5.88. The predicted octanol–water partition coefficient (Wildman–Crippen LogP) is 2.95. The van der Waals surface area contributed by atoms with Gasteiger partial charge in [-0.25, -0.2) is 4.79 Å². The number of aryl methyl sites for hydroxylation is 1. The Bertz CT molecular complexity index is 1290. The van der Waals surface area contributed by atoms with E-state index in [1.807, 2.05) is 0 Å². The molecule has 2 aromatic carbocycles. The number of carbonyl (C=O) groups excluding carboxylic acids is 2. The summed E-state index contributed by atoms with van der Waals surface area (Å²) in [5.74, 6) is -1.24. The first-order valence-corrected chi connectivity index (χ1v) is 10.6. The third-order valence-corrected chi connectivity index (χ3v) is 5.46. The average Bonchev–Trinajstić information content (AvgIpc) is 2.82. The molecule has 3 aromatic rings. The number of carbonyl (C=O) groups is 2. The van der Waals surface area contributed by atoms with Crippen molar-refractivity contribution in [1.29, 1.82) is 0 Å². The number of ether oxygens (including phenoxy) is 1. The van der Waals surface area contributed by atoms with E-state index in [9.17, 15) is 32.7 Å². The van der Waals surface area contributed by atoms with Crippen molar-refractivity contribution < 1.29 is 37.0 Å². The fraction of sp³-hybridized carbons (Fsp3) is 0.261. The average molecular weight is 513 g/mol. The van der Waals surface area contributed by atoms with Crippen LogP contribution >= 0.6 is 11.6 Å². The first-order chi connectivity index (χ1) is 16.5. The Balaban J connectivity index is 1.54. The van der Waals surface area contributed by atoms with Crippen LogP contribution < -0.4 is 21.0 Å². The van der Waals surface area contributed by atoms with Gasteiger partial charge in [0.1, 0.15) is 22.4 Å². The van der Waals surface area contributed by atoms with Crippen LogP contribution in [0.15, 0.2) is 51.7 Å². The molecule has 35 heavy (non-hydrogen) atoms. The second kappa shape index (κ2) is 10.8. The molecular weight excluding hydrogens is 493 g/mol. The molecule has 0 radical (unpaired) electrons. The van der Waals surface area contributed by atoms with E-state index in [0.29, 0.717) is 16.5 Å². The van der Waals surface area contributed by atoms with Gasteiger partial charge < -0.3 is 24.9 Å². The van der Waals surface area contributed by atoms with E-state index in [2.05, 4.69) is 10.6 Å². The molecule has 0 fully saturated rings. The van der Waals surface area contributed by atoms with Crippen LogP contribution in [0.3, 0.4) is 0 Å². The Morgan fingerprint density at radius 1 is 1.17 bits per heavy atom. The quantitative estimate of drug-likeness (QED) is 0.399. The highest BCUT2D eigenvalue weighted by atomic mass is 35.5. The first-order valence-electron chi connectivity index (χ1n) is 10.2. The lowest BCUT2D eigenvalue weighted by atomic mass is 10.1. The molecule has 0 spiro atoms. The number of halogens is 4. The second-order valence-corrected chi connectivity index (χ2v) is 7.87. The summed E-state index contributed by atoms with van der Waals surface area (Å²) in [6.45, 7) is 0.329. The topological polar surface area (TPSA) is 118 Å². The summed E-state index contributed by atoms with van der Waals surface area (Å²) in [6, 6.07) is 7.45. The molecule has 0 unspecified atom stereocenters. The summed E-state index contributed by atoms with van der Waals surface area (Å²) in [7, 11) is 0. The molecule has 0 saturated carbocycles. The first kappa shape index (κ1) is 26.0. The fourth-order valence-electron chi connectivity index (χ4n) is 3.11. The molecule has 0 saturated heterocycles. The number of hydrogen-bond donors (Lipinski definition) is 3. The van der Waals surface area contributed by atoms with Crippen molar-refractivity contribution in [3.05, 3.63) is 74.6 Å². The van der Waals surface area contributed by atoms with Crippen LogP contribution in [0.2, 0.25) is 5.02 Å². The lowest BCUT2D eigenvalue weighted by Gasteiger charge is -2.17. The highest BCUT2D eigenvalue weighted by Gasteiger charge is 2.30. The van der Waals surface area contributed by atoms with E-state index in [0.717, 1.165) is 12.1 Å². The number of aliphatic hydroxyl groups is 1. The molecule has 1 atom stereocenters. The van der Waals surface area contributed by atoms with Gasteiger partial charge in [0.05, 0.1) is 12.2 Å². The van der Waals surface area contributed by atoms with Crippen LogP contribution in [-0.2, 0) is 22.3 Å². The van der Waals surface area contributed by atoms with Crippen LogP contribution in [0.4, 0.5) is 13.2 Å².